The lowest BCUT2D eigenvalue weighted by molar-refractivity contribution is 0.183. The van der Waals surface area contributed by atoms with Gasteiger partial charge < -0.3 is 10.1 Å². The predicted molar refractivity (Wildman–Crippen MR) is 82.9 cm³/mol. The van der Waals surface area contributed by atoms with Crippen LogP contribution < -0.4 is 5.32 Å². The minimum atomic E-state index is 0.618. The lowest BCUT2D eigenvalue weighted by Crippen LogP contribution is -2.27. The van der Waals surface area contributed by atoms with E-state index in [9.17, 15) is 0 Å². The molecular formula is C16H29N3O. The fourth-order valence-electron chi connectivity index (χ4n) is 3.28. The molecule has 4 heteroatoms. The molecule has 2 unspecified atom stereocenters. The van der Waals surface area contributed by atoms with Crippen LogP contribution in [0.2, 0.25) is 0 Å². The van der Waals surface area contributed by atoms with Gasteiger partial charge in [0.2, 0.25) is 0 Å². The summed E-state index contributed by atoms with van der Waals surface area (Å²) in [7, 11) is 1.72. The second-order valence-corrected chi connectivity index (χ2v) is 6.49. The largest absolute Gasteiger partial charge is 0.383 e. The number of aromatic nitrogens is 2. The number of hydrogen-bond acceptors (Lipinski definition) is 3. The molecule has 2 atom stereocenters. The summed E-state index contributed by atoms with van der Waals surface area (Å²) in [5.41, 5.74) is 1.15. The van der Waals surface area contributed by atoms with Crippen LogP contribution in [0.1, 0.15) is 46.0 Å². The van der Waals surface area contributed by atoms with Gasteiger partial charge in [-0.25, -0.2) is 0 Å². The molecule has 0 aliphatic heterocycles. The topological polar surface area (TPSA) is 39.1 Å². The zero-order valence-corrected chi connectivity index (χ0v) is 13.1. The van der Waals surface area contributed by atoms with Crippen LogP contribution in [0.15, 0.2) is 12.4 Å². The highest BCUT2D eigenvalue weighted by Crippen LogP contribution is 2.30. The number of ether oxygens (including phenoxy) is 1. The lowest BCUT2D eigenvalue weighted by atomic mass is 9.81. The van der Waals surface area contributed by atoms with Crippen LogP contribution >= 0.6 is 0 Å². The average Bonchev–Trinajstić information content (AvgIpc) is 2.83. The smallest absolute Gasteiger partial charge is 0.0728 e. The molecule has 0 amide bonds. The van der Waals surface area contributed by atoms with E-state index in [1.165, 1.54) is 32.1 Å². The standard InChI is InChI=1S/C16H29N3O/c1-13(2)9-14-5-4-6-15(10-14)18-16-11-17-19(12-16)7-8-20-3/h11-15,18H,4-10H2,1-3H3. The highest BCUT2D eigenvalue weighted by atomic mass is 16.5. The highest BCUT2D eigenvalue weighted by molar-refractivity contribution is 5.39. The molecule has 2 rings (SSSR count). The first-order valence-corrected chi connectivity index (χ1v) is 7.95. The van der Waals surface area contributed by atoms with Gasteiger partial charge in [-0.1, -0.05) is 26.7 Å². The zero-order chi connectivity index (χ0) is 14.4. The second kappa shape index (κ2) is 7.67. The Morgan fingerprint density at radius 1 is 1.45 bits per heavy atom. The Balaban J connectivity index is 1.81. The summed E-state index contributed by atoms with van der Waals surface area (Å²) >= 11 is 0. The van der Waals surface area contributed by atoms with E-state index in [0.29, 0.717) is 12.6 Å². The number of nitrogens with zero attached hydrogens (tertiary/aromatic N) is 2. The van der Waals surface area contributed by atoms with Crippen LogP contribution in [-0.4, -0.2) is 29.5 Å². The van der Waals surface area contributed by atoms with E-state index in [4.69, 9.17) is 4.74 Å². The van der Waals surface area contributed by atoms with Gasteiger partial charge in [-0.2, -0.15) is 5.10 Å². The van der Waals surface area contributed by atoms with Gasteiger partial charge in [0.1, 0.15) is 0 Å². The molecule has 1 aliphatic carbocycles. The van der Waals surface area contributed by atoms with E-state index in [-0.39, 0.29) is 0 Å². The lowest BCUT2D eigenvalue weighted by Gasteiger charge is -2.31. The molecule has 1 N–H and O–H groups in total. The molecule has 0 spiro atoms. The predicted octanol–water partition coefficient (Wildman–Crippen LogP) is 3.55. The summed E-state index contributed by atoms with van der Waals surface area (Å²) in [6.07, 6.45) is 10.7. The molecule has 0 bridgehead atoms. The van der Waals surface area contributed by atoms with E-state index in [0.717, 1.165) is 24.1 Å². The van der Waals surface area contributed by atoms with Crippen molar-refractivity contribution in [3.63, 3.8) is 0 Å². The summed E-state index contributed by atoms with van der Waals surface area (Å²) < 4.78 is 7.02. The van der Waals surface area contributed by atoms with Crippen LogP contribution in [0.5, 0.6) is 0 Å². The van der Waals surface area contributed by atoms with Crippen molar-refractivity contribution in [3.8, 4) is 0 Å². The van der Waals surface area contributed by atoms with Crippen molar-refractivity contribution >= 4 is 5.69 Å². The van der Waals surface area contributed by atoms with E-state index in [2.05, 4.69) is 30.5 Å². The van der Waals surface area contributed by atoms with Gasteiger partial charge in [0.05, 0.1) is 25.0 Å². The van der Waals surface area contributed by atoms with Crippen LogP contribution in [0, 0.1) is 11.8 Å². The molecule has 1 fully saturated rings. The van der Waals surface area contributed by atoms with Crippen LogP contribution in [0.4, 0.5) is 5.69 Å². The van der Waals surface area contributed by atoms with Crippen LogP contribution in [0.25, 0.3) is 0 Å². The highest BCUT2D eigenvalue weighted by Gasteiger charge is 2.22. The SMILES string of the molecule is COCCn1cc(NC2CCCC(CC(C)C)C2)cn1. The Morgan fingerprint density at radius 2 is 2.30 bits per heavy atom. The van der Waals surface area contributed by atoms with E-state index < -0.39 is 0 Å². The van der Waals surface area contributed by atoms with E-state index in [1.54, 1.807) is 7.11 Å². The number of anilines is 1. The first-order chi connectivity index (χ1) is 9.67. The minimum absolute atomic E-state index is 0.618. The number of methoxy groups -OCH3 is 1. The molecular weight excluding hydrogens is 250 g/mol. The van der Waals surface area contributed by atoms with Crippen molar-refractivity contribution in [1.29, 1.82) is 0 Å². The molecule has 1 heterocycles. The van der Waals surface area contributed by atoms with Crippen molar-refractivity contribution in [3.05, 3.63) is 12.4 Å². The normalized spacial score (nSPS) is 23.2. The van der Waals surface area contributed by atoms with Crippen molar-refractivity contribution in [2.24, 2.45) is 11.8 Å². The van der Waals surface area contributed by atoms with Crippen molar-refractivity contribution < 1.29 is 4.74 Å². The molecule has 0 saturated heterocycles. The first kappa shape index (κ1) is 15.4. The van der Waals surface area contributed by atoms with Gasteiger partial charge in [0, 0.05) is 19.3 Å². The maximum absolute atomic E-state index is 5.07. The maximum Gasteiger partial charge on any atom is 0.0728 e. The molecule has 20 heavy (non-hydrogen) atoms. The fourth-order valence-corrected chi connectivity index (χ4v) is 3.28. The molecule has 1 saturated carbocycles. The van der Waals surface area contributed by atoms with Crippen molar-refractivity contribution in [2.75, 3.05) is 19.0 Å². The Morgan fingerprint density at radius 3 is 3.05 bits per heavy atom. The Hall–Kier alpha value is -1.03. The third kappa shape index (κ3) is 4.82. The quantitative estimate of drug-likeness (QED) is 0.829. The molecule has 1 aliphatic rings. The maximum atomic E-state index is 5.07. The third-order valence-electron chi connectivity index (χ3n) is 4.12. The van der Waals surface area contributed by atoms with Gasteiger partial charge in [-0.3, -0.25) is 4.68 Å². The summed E-state index contributed by atoms with van der Waals surface area (Å²) in [6, 6.07) is 0.618. The number of hydrogen-bond donors (Lipinski definition) is 1. The monoisotopic (exact) mass is 279 g/mol. The fraction of sp³-hybridized carbons (Fsp3) is 0.812. The molecule has 4 nitrogen and oxygen atoms in total. The third-order valence-corrected chi connectivity index (χ3v) is 4.12. The van der Waals surface area contributed by atoms with Gasteiger partial charge in [0.25, 0.3) is 0 Å². The summed E-state index contributed by atoms with van der Waals surface area (Å²) in [4.78, 5) is 0. The Kier molecular flexibility index (Phi) is 5.89. The first-order valence-electron chi connectivity index (χ1n) is 7.95. The second-order valence-electron chi connectivity index (χ2n) is 6.49. The zero-order valence-electron chi connectivity index (χ0n) is 13.1. The molecule has 1 aromatic heterocycles. The van der Waals surface area contributed by atoms with E-state index in [1.807, 2.05) is 10.9 Å². The number of rotatable bonds is 7. The summed E-state index contributed by atoms with van der Waals surface area (Å²) in [5.74, 6) is 1.71. The van der Waals surface area contributed by atoms with Gasteiger partial charge in [0.15, 0.2) is 0 Å². The molecule has 0 aromatic carbocycles. The van der Waals surface area contributed by atoms with Crippen molar-refractivity contribution in [1.82, 2.24) is 9.78 Å². The Labute approximate surface area is 122 Å². The van der Waals surface area contributed by atoms with Crippen LogP contribution in [0.3, 0.4) is 0 Å². The molecule has 114 valence electrons. The van der Waals surface area contributed by atoms with Crippen LogP contribution in [-0.2, 0) is 11.3 Å². The average molecular weight is 279 g/mol. The van der Waals surface area contributed by atoms with Crippen molar-refractivity contribution in [2.45, 2.75) is 58.5 Å². The molecule has 1 aromatic rings. The Bertz CT molecular complexity index is 389. The minimum Gasteiger partial charge on any atom is -0.383 e. The molecule has 0 radical (unpaired) electrons. The number of nitrogens with one attached hydrogen (secondary N) is 1. The summed E-state index contributed by atoms with van der Waals surface area (Å²) in [5, 5.41) is 8.02. The van der Waals surface area contributed by atoms with E-state index >= 15 is 0 Å². The van der Waals surface area contributed by atoms with Gasteiger partial charge in [-0.05, 0) is 31.1 Å². The van der Waals surface area contributed by atoms with Gasteiger partial charge in [-0.15, -0.1) is 0 Å². The van der Waals surface area contributed by atoms with Gasteiger partial charge >= 0.3 is 0 Å². The summed E-state index contributed by atoms with van der Waals surface area (Å²) in [6.45, 7) is 6.19.